The minimum Gasteiger partial charge on any atom is -0.497 e. The van der Waals surface area contributed by atoms with Crippen molar-refractivity contribution in [2.24, 2.45) is 0 Å². The van der Waals surface area contributed by atoms with Crippen LogP contribution in [0.4, 0.5) is 5.69 Å². The summed E-state index contributed by atoms with van der Waals surface area (Å²) in [6, 6.07) is 9.70. The summed E-state index contributed by atoms with van der Waals surface area (Å²) >= 11 is 1.37. The molecule has 1 saturated heterocycles. The number of ether oxygens (including phenoxy) is 1. The van der Waals surface area contributed by atoms with Crippen LogP contribution in [0.5, 0.6) is 5.75 Å². The lowest BCUT2D eigenvalue weighted by Crippen LogP contribution is -2.51. The number of rotatable bonds is 5. The fraction of sp³-hybridized carbons (Fsp3) is 0.409. The van der Waals surface area contributed by atoms with Crippen molar-refractivity contribution in [1.82, 2.24) is 4.90 Å². The SMILES string of the molecule is COc1ccc(N2C(=O)CC(N(C(=O)c3cccs3)C3CCCCC3)C2=O)cc1. The van der Waals surface area contributed by atoms with Gasteiger partial charge in [0.05, 0.1) is 24.1 Å². The molecule has 0 bridgehead atoms. The monoisotopic (exact) mass is 412 g/mol. The van der Waals surface area contributed by atoms with Crippen LogP contribution in [0.1, 0.15) is 48.2 Å². The van der Waals surface area contributed by atoms with E-state index in [0.717, 1.165) is 32.1 Å². The van der Waals surface area contributed by atoms with Gasteiger partial charge in [0.1, 0.15) is 11.8 Å². The third kappa shape index (κ3) is 3.79. The van der Waals surface area contributed by atoms with Crippen LogP contribution >= 0.6 is 11.3 Å². The first-order valence-corrected chi connectivity index (χ1v) is 10.8. The van der Waals surface area contributed by atoms with Gasteiger partial charge in [-0.05, 0) is 48.6 Å². The summed E-state index contributed by atoms with van der Waals surface area (Å²) in [5.74, 6) is -0.0867. The van der Waals surface area contributed by atoms with Gasteiger partial charge >= 0.3 is 0 Å². The van der Waals surface area contributed by atoms with Gasteiger partial charge in [-0.2, -0.15) is 0 Å². The highest BCUT2D eigenvalue weighted by molar-refractivity contribution is 7.12. The van der Waals surface area contributed by atoms with Gasteiger partial charge < -0.3 is 9.64 Å². The quantitative estimate of drug-likeness (QED) is 0.700. The maximum absolute atomic E-state index is 13.3. The zero-order valence-corrected chi connectivity index (χ0v) is 17.2. The summed E-state index contributed by atoms with van der Waals surface area (Å²) in [5, 5.41) is 1.86. The third-order valence-corrected chi connectivity index (χ3v) is 6.58. The maximum Gasteiger partial charge on any atom is 0.264 e. The molecule has 1 aliphatic carbocycles. The van der Waals surface area contributed by atoms with E-state index in [4.69, 9.17) is 4.74 Å². The molecular weight excluding hydrogens is 388 g/mol. The normalized spacial score (nSPS) is 20.2. The molecule has 1 aliphatic heterocycles. The number of benzene rings is 1. The van der Waals surface area contributed by atoms with Gasteiger partial charge in [-0.3, -0.25) is 14.4 Å². The second-order valence-corrected chi connectivity index (χ2v) is 8.41. The number of hydrogen-bond acceptors (Lipinski definition) is 5. The van der Waals surface area contributed by atoms with E-state index in [1.54, 1.807) is 42.3 Å². The largest absolute Gasteiger partial charge is 0.497 e. The number of carbonyl (C=O) groups excluding carboxylic acids is 3. The molecule has 2 aromatic rings. The first-order valence-electron chi connectivity index (χ1n) is 9.97. The number of amides is 3. The molecular formula is C22H24N2O4S. The molecule has 2 heterocycles. The van der Waals surface area contributed by atoms with Gasteiger partial charge in [0, 0.05) is 6.04 Å². The van der Waals surface area contributed by atoms with Gasteiger partial charge in [0.2, 0.25) is 5.91 Å². The molecule has 1 saturated carbocycles. The summed E-state index contributed by atoms with van der Waals surface area (Å²) in [4.78, 5) is 42.9. The molecule has 1 unspecified atom stereocenters. The number of anilines is 1. The van der Waals surface area contributed by atoms with Crippen molar-refractivity contribution < 1.29 is 19.1 Å². The van der Waals surface area contributed by atoms with Crippen LogP contribution < -0.4 is 9.64 Å². The molecule has 152 valence electrons. The number of imide groups is 1. The Hall–Kier alpha value is -2.67. The highest BCUT2D eigenvalue weighted by Gasteiger charge is 2.46. The van der Waals surface area contributed by atoms with E-state index in [0.29, 0.717) is 16.3 Å². The molecule has 4 rings (SSSR count). The molecule has 7 heteroatoms. The second-order valence-electron chi connectivity index (χ2n) is 7.47. The minimum atomic E-state index is -0.748. The first-order chi connectivity index (χ1) is 14.1. The first kappa shape index (κ1) is 19.6. The van der Waals surface area contributed by atoms with Crippen molar-refractivity contribution in [3.63, 3.8) is 0 Å². The molecule has 1 aromatic carbocycles. The molecule has 0 spiro atoms. The average Bonchev–Trinajstić information content (AvgIpc) is 3.38. The Kier molecular flexibility index (Phi) is 5.67. The van der Waals surface area contributed by atoms with E-state index in [-0.39, 0.29) is 30.2 Å². The Morgan fingerprint density at radius 2 is 1.83 bits per heavy atom. The van der Waals surface area contributed by atoms with Crippen molar-refractivity contribution in [1.29, 1.82) is 0 Å². The van der Waals surface area contributed by atoms with Gasteiger partial charge in [-0.15, -0.1) is 11.3 Å². The van der Waals surface area contributed by atoms with E-state index in [9.17, 15) is 14.4 Å². The Morgan fingerprint density at radius 1 is 1.10 bits per heavy atom. The molecule has 1 atom stereocenters. The highest BCUT2D eigenvalue weighted by atomic mass is 32.1. The smallest absolute Gasteiger partial charge is 0.264 e. The maximum atomic E-state index is 13.3. The van der Waals surface area contributed by atoms with Crippen molar-refractivity contribution in [3.8, 4) is 5.75 Å². The predicted molar refractivity (Wildman–Crippen MR) is 111 cm³/mol. The van der Waals surface area contributed by atoms with Crippen LogP contribution in [-0.2, 0) is 9.59 Å². The third-order valence-electron chi connectivity index (χ3n) is 5.72. The standard InChI is InChI=1S/C22H24N2O4S/c1-28-17-11-9-16(10-12-17)24-20(25)14-18(21(24)26)23(15-6-3-2-4-7-15)22(27)19-8-5-13-29-19/h5,8-13,15,18H,2-4,6-7,14H2,1H3. The van der Waals surface area contributed by atoms with Crippen LogP contribution in [-0.4, -0.2) is 41.8 Å². The molecule has 2 fully saturated rings. The summed E-state index contributed by atoms with van der Waals surface area (Å²) in [7, 11) is 1.56. The average molecular weight is 413 g/mol. The highest BCUT2D eigenvalue weighted by Crippen LogP contribution is 2.33. The van der Waals surface area contributed by atoms with E-state index in [1.165, 1.54) is 16.2 Å². The van der Waals surface area contributed by atoms with Crippen molar-refractivity contribution in [2.45, 2.75) is 50.6 Å². The lowest BCUT2D eigenvalue weighted by atomic mass is 9.92. The topological polar surface area (TPSA) is 66.9 Å². The summed E-state index contributed by atoms with van der Waals surface area (Å²) in [5.41, 5.74) is 0.510. The summed E-state index contributed by atoms with van der Waals surface area (Å²) in [6.07, 6.45) is 4.99. The van der Waals surface area contributed by atoms with Crippen molar-refractivity contribution in [2.75, 3.05) is 12.0 Å². The lowest BCUT2D eigenvalue weighted by molar-refractivity contribution is -0.123. The van der Waals surface area contributed by atoms with E-state index in [1.807, 2.05) is 11.4 Å². The van der Waals surface area contributed by atoms with Crippen LogP contribution in [0.15, 0.2) is 41.8 Å². The van der Waals surface area contributed by atoms with E-state index >= 15 is 0 Å². The summed E-state index contributed by atoms with van der Waals surface area (Å²) in [6.45, 7) is 0. The van der Waals surface area contributed by atoms with Crippen LogP contribution in [0.2, 0.25) is 0 Å². The van der Waals surface area contributed by atoms with Crippen molar-refractivity contribution in [3.05, 3.63) is 46.7 Å². The van der Waals surface area contributed by atoms with Crippen LogP contribution in [0.3, 0.4) is 0 Å². The molecule has 29 heavy (non-hydrogen) atoms. The molecule has 3 amide bonds. The number of methoxy groups -OCH3 is 1. The Labute approximate surface area is 174 Å². The molecule has 6 nitrogen and oxygen atoms in total. The van der Waals surface area contributed by atoms with Gasteiger partial charge in [0.25, 0.3) is 11.8 Å². The van der Waals surface area contributed by atoms with Crippen LogP contribution in [0.25, 0.3) is 0 Å². The van der Waals surface area contributed by atoms with E-state index in [2.05, 4.69) is 0 Å². The molecule has 1 aromatic heterocycles. The van der Waals surface area contributed by atoms with E-state index < -0.39 is 6.04 Å². The lowest BCUT2D eigenvalue weighted by Gasteiger charge is -2.37. The minimum absolute atomic E-state index is 0.00378. The van der Waals surface area contributed by atoms with Gasteiger partial charge in [-0.1, -0.05) is 25.3 Å². The number of thiophene rings is 1. The number of hydrogen-bond donors (Lipinski definition) is 0. The second kappa shape index (κ2) is 8.37. The van der Waals surface area contributed by atoms with Crippen molar-refractivity contribution >= 4 is 34.7 Å². The predicted octanol–water partition coefficient (Wildman–Crippen LogP) is 3.86. The fourth-order valence-corrected chi connectivity index (χ4v) is 4.95. The van der Waals surface area contributed by atoms with Gasteiger partial charge in [-0.25, -0.2) is 4.90 Å². The summed E-state index contributed by atoms with van der Waals surface area (Å²) < 4.78 is 5.16. The Balaban J connectivity index is 1.64. The Morgan fingerprint density at radius 3 is 2.45 bits per heavy atom. The number of nitrogens with zero attached hydrogens (tertiary/aromatic N) is 2. The molecule has 0 N–H and O–H groups in total. The zero-order chi connectivity index (χ0) is 20.4. The van der Waals surface area contributed by atoms with Gasteiger partial charge in [0.15, 0.2) is 0 Å². The zero-order valence-electron chi connectivity index (χ0n) is 16.4. The number of carbonyl (C=O) groups is 3. The van der Waals surface area contributed by atoms with Crippen LogP contribution in [0, 0.1) is 0 Å². The Bertz CT molecular complexity index is 888. The molecule has 2 aliphatic rings. The fourth-order valence-electron chi connectivity index (χ4n) is 4.28. The molecule has 0 radical (unpaired) electrons.